The molecule has 0 bridgehead atoms. The number of aromatic nitrogens is 1. The number of carbonyl (C=O) groups excluding carboxylic acids is 1. The van der Waals surface area contributed by atoms with Crippen molar-refractivity contribution in [2.75, 3.05) is 6.54 Å². The van der Waals surface area contributed by atoms with E-state index in [1.807, 2.05) is 0 Å². The Morgan fingerprint density at radius 2 is 2.12 bits per heavy atom. The molecule has 0 spiro atoms. The highest BCUT2D eigenvalue weighted by Crippen LogP contribution is 2.29. The van der Waals surface area contributed by atoms with E-state index in [0.717, 1.165) is 12.8 Å². The Morgan fingerprint density at radius 1 is 1.47 bits per heavy atom. The molecule has 6 heteroatoms. The number of rotatable bonds is 4. The first-order chi connectivity index (χ1) is 8.00. The van der Waals surface area contributed by atoms with Crippen molar-refractivity contribution in [2.24, 2.45) is 0 Å². The van der Waals surface area contributed by atoms with E-state index >= 15 is 0 Å². The average molecular weight is 238 g/mol. The summed E-state index contributed by atoms with van der Waals surface area (Å²) in [6.07, 6.45) is 1.73. The Bertz CT molecular complexity index is 443. The summed E-state index contributed by atoms with van der Waals surface area (Å²) < 4.78 is 4.93. The van der Waals surface area contributed by atoms with Crippen molar-refractivity contribution < 1.29 is 19.2 Å². The van der Waals surface area contributed by atoms with Gasteiger partial charge in [0.1, 0.15) is 17.9 Å². The summed E-state index contributed by atoms with van der Waals surface area (Å²) in [5.41, 5.74) is 0.890. The smallest absolute Gasteiger partial charge is 0.323 e. The van der Waals surface area contributed by atoms with Gasteiger partial charge in [0.05, 0.1) is 5.69 Å². The summed E-state index contributed by atoms with van der Waals surface area (Å²) in [6, 6.07) is 0.0484. The molecule has 1 saturated carbocycles. The van der Waals surface area contributed by atoms with Crippen LogP contribution in [0.4, 0.5) is 0 Å². The van der Waals surface area contributed by atoms with Gasteiger partial charge in [-0.2, -0.15) is 0 Å². The molecule has 1 aliphatic carbocycles. The fraction of sp³-hybridized carbons (Fsp3) is 0.545. The number of amides is 1. The SMILES string of the molecule is Cc1noc(C)c1C(=O)N(CC(=O)O)C1CC1. The zero-order chi connectivity index (χ0) is 12.6. The molecule has 0 unspecified atom stereocenters. The van der Waals surface area contributed by atoms with E-state index < -0.39 is 5.97 Å². The number of hydrogen-bond acceptors (Lipinski definition) is 4. The second kappa shape index (κ2) is 4.20. The zero-order valence-corrected chi connectivity index (χ0v) is 9.77. The van der Waals surface area contributed by atoms with Crippen molar-refractivity contribution in [2.45, 2.75) is 32.7 Å². The van der Waals surface area contributed by atoms with E-state index in [-0.39, 0.29) is 18.5 Å². The molecule has 0 atom stereocenters. The minimum Gasteiger partial charge on any atom is -0.480 e. The third-order valence-corrected chi connectivity index (χ3v) is 2.80. The Hall–Kier alpha value is -1.85. The molecule has 92 valence electrons. The van der Waals surface area contributed by atoms with Crippen molar-refractivity contribution >= 4 is 11.9 Å². The second-order valence-electron chi connectivity index (χ2n) is 4.26. The maximum Gasteiger partial charge on any atom is 0.323 e. The molecular weight excluding hydrogens is 224 g/mol. The summed E-state index contributed by atoms with van der Waals surface area (Å²) in [4.78, 5) is 24.4. The number of aryl methyl sites for hydroxylation is 2. The third-order valence-electron chi connectivity index (χ3n) is 2.80. The molecule has 0 aromatic carbocycles. The summed E-state index contributed by atoms with van der Waals surface area (Å²) in [5.74, 6) is -0.869. The fourth-order valence-corrected chi connectivity index (χ4v) is 1.83. The van der Waals surface area contributed by atoms with Gasteiger partial charge in [-0.25, -0.2) is 0 Å². The van der Waals surface area contributed by atoms with E-state index in [2.05, 4.69) is 5.16 Å². The van der Waals surface area contributed by atoms with Crippen LogP contribution < -0.4 is 0 Å². The van der Waals surface area contributed by atoms with Crippen LogP contribution in [0.1, 0.15) is 34.7 Å². The van der Waals surface area contributed by atoms with Gasteiger partial charge in [0.25, 0.3) is 5.91 Å². The lowest BCUT2D eigenvalue weighted by Crippen LogP contribution is -2.37. The van der Waals surface area contributed by atoms with Crippen LogP contribution in [-0.4, -0.2) is 39.6 Å². The number of aliphatic carboxylic acids is 1. The normalized spacial score (nSPS) is 14.7. The molecule has 0 saturated heterocycles. The van der Waals surface area contributed by atoms with Gasteiger partial charge < -0.3 is 14.5 Å². The van der Waals surface area contributed by atoms with E-state index in [0.29, 0.717) is 17.0 Å². The van der Waals surface area contributed by atoms with Crippen LogP contribution in [0.3, 0.4) is 0 Å². The molecule has 1 aromatic heterocycles. The van der Waals surface area contributed by atoms with Crippen LogP contribution in [-0.2, 0) is 4.79 Å². The fourth-order valence-electron chi connectivity index (χ4n) is 1.83. The van der Waals surface area contributed by atoms with Gasteiger partial charge in [0, 0.05) is 6.04 Å². The second-order valence-corrected chi connectivity index (χ2v) is 4.26. The van der Waals surface area contributed by atoms with Crippen molar-refractivity contribution in [1.82, 2.24) is 10.1 Å². The van der Waals surface area contributed by atoms with E-state index in [9.17, 15) is 9.59 Å². The minimum atomic E-state index is -1.00. The largest absolute Gasteiger partial charge is 0.480 e. The minimum absolute atomic E-state index is 0.0484. The highest BCUT2D eigenvalue weighted by molar-refractivity contribution is 5.97. The quantitative estimate of drug-likeness (QED) is 0.845. The van der Waals surface area contributed by atoms with Gasteiger partial charge in [-0.15, -0.1) is 0 Å². The lowest BCUT2D eigenvalue weighted by atomic mass is 10.1. The molecule has 1 heterocycles. The predicted molar refractivity (Wildman–Crippen MR) is 57.7 cm³/mol. The number of carboxylic acid groups (broad SMARTS) is 1. The van der Waals surface area contributed by atoms with Crippen molar-refractivity contribution in [3.63, 3.8) is 0 Å². The van der Waals surface area contributed by atoms with Crippen LogP contribution in [0.5, 0.6) is 0 Å². The van der Waals surface area contributed by atoms with Crippen LogP contribution in [0, 0.1) is 13.8 Å². The third kappa shape index (κ3) is 2.30. The van der Waals surface area contributed by atoms with Gasteiger partial charge in [0.2, 0.25) is 0 Å². The number of carboxylic acids is 1. The molecule has 17 heavy (non-hydrogen) atoms. The Kier molecular flexibility index (Phi) is 2.87. The van der Waals surface area contributed by atoms with Crippen molar-refractivity contribution in [3.8, 4) is 0 Å². The van der Waals surface area contributed by atoms with Crippen LogP contribution in [0.25, 0.3) is 0 Å². The first kappa shape index (κ1) is 11.6. The maximum atomic E-state index is 12.2. The Morgan fingerprint density at radius 3 is 2.53 bits per heavy atom. The predicted octanol–water partition coefficient (Wildman–Crippen LogP) is 0.981. The van der Waals surface area contributed by atoms with E-state index in [1.165, 1.54) is 4.90 Å². The molecule has 0 radical (unpaired) electrons. The van der Waals surface area contributed by atoms with Crippen LogP contribution in [0.2, 0.25) is 0 Å². The van der Waals surface area contributed by atoms with Gasteiger partial charge in [-0.3, -0.25) is 9.59 Å². The van der Waals surface area contributed by atoms with Gasteiger partial charge in [-0.1, -0.05) is 5.16 Å². The van der Waals surface area contributed by atoms with Gasteiger partial charge in [-0.05, 0) is 26.7 Å². The lowest BCUT2D eigenvalue weighted by molar-refractivity contribution is -0.137. The Balaban J connectivity index is 2.24. The van der Waals surface area contributed by atoms with Gasteiger partial charge in [0.15, 0.2) is 0 Å². The zero-order valence-electron chi connectivity index (χ0n) is 9.77. The Labute approximate surface area is 98.2 Å². The molecular formula is C11H14N2O4. The highest BCUT2D eigenvalue weighted by atomic mass is 16.5. The number of nitrogens with zero attached hydrogens (tertiary/aromatic N) is 2. The highest BCUT2D eigenvalue weighted by Gasteiger charge is 2.36. The molecule has 1 amide bonds. The van der Waals surface area contributed by atoms with Crippen molar-refractivity contribution in [3.05, 3.63) is 17.0 Å². The topological polar surface area (TPSA) is 83.6 Å². The molecule has 2 rings (SSSR count). The summed E-state index contributed by atoms with van der Waals surface area (Å²) in [5, 5.41) is 12.5. The van der Waals surface area contributed by atoms with E-state index in [1.54, 1.807) is 13.8 Å². The molecule has 1 N–H and O–H groups in total. The van der Waals surface area contributed by atoms with Crippen LogP contribution >= 0.6 is 0 Å². The van der Waals surface area contributed by atoms with E-state index in [4.69, 9.17) is 9.63 Å². The molecule has 0 aliphatic heterocycles. The molecule has 1 aromatic rings. The number of carbonyl (C=O) groups is 2. The van der Waals surface area contributed by atoms with Gasteiger partial charge >= 0.3 is 5.97 Å². The number of hydrogen-bond donors (Lipinski definition) is 1. The monoisotopic (exact) mass is 238 g/mol. The first-order valence-corrected chi connectivity index (χ1v) is 5.46. The summed E-state index contributed by atoms with van der Waals surface area (Å²) >= 11 is 0. The van der Waals surface area contributed by atoms with Crippen LogP contribution in [0.15, 0.2) is 4.52 Å². The molecule has 1 aliphatic rings. The lowest BCUT2D eigenvalue weighted by Gasteiger charge is -2.19. The summed E-state index contributed by atoms with van der Waals surface area (Å²) in [6.45, 7) is 3.06. The van der Waals surface area contributed by atoms with Crippen molar-refractivity contribution in [1.29, 1.82) is 0 Å². The first-order valence-electron chi connectivity index (χ1n) is 5.46. The standard InChI is InChI=1S/C11H14N2O4/c1-6-10(7(2)17-12-6)11(16)13(5-9(14)15)8-3-4-8/h8H,3-5H2,1-2H3,(H,14,15). The molecule has 1 fully saturated rings. The summed E-state index contributed by atoms with van der Waals surface area (Å²) in [7, 11) is 0. The molecule has 6 nitrogen and oxygen atoms in total. The maximum absolute atomic E-state index is 12.2. The average Bonchev–Trinajstić information content (AvgIpc) is 3.02.